The van der Waals surface area contributed by atoms with Gasteiger partial charge in [0.2, 0.25) is 0 Å². The van der Waals surface area contributed by atoms with Crippen molar-refractivity contribution in [3.63, 3.8) is 0 Å². The van der Waals surface area contributed by atoms with Crippen LogP contribution in [0.25, 0.3) is 0 Å². The molecule has 1 unspecified atom stereocenters. The Hall–Kier alpha value is -1.02. The summed E-state index contributed by atoms with van der Waals surface area (Å²) in [5.41, 5.74) is 0. The maximum Gasteiger partial charge on any atom is 0.0656 e. The van der Waals surface area contributed by atoms with Gasteiger partial charge < -0.3 is 0 Å². The summed E-state index contributed by atoms with van der Waals surface area (Å²) in [5, 5.41) is 17.4. The highest BCUT2D eigenvalue weighted by molar-refractivity contribution is 4.85. The van der Waals surface area contributed by atoms with E-state index in [1.54, 1.807) is 0 Å². The van der Waals surface area contributed by atoms with Gasteiger partial charge in [0.1, 0.15) is 0 Å². The highest BCUT2D eigenvalue weighted by Gasteiger charge is 2.06. The molecule has 1 atom stereocenters. The van der Waals surface area contributed by atoms with Crippen LogP contribution in [0.3, 0.4) is 0 Å². The summed E-state index contributed by atoms with van der Waals surface area (Å²) >= 11 is 0. The highest BCUT2D eigenvalue weighted by Crippen LogP contribution is 2.16. The fourth-order valence-electron chi connectivity index (χ4n) is 2.04. The molecule has 0 aliphatic heterocycles. The lowest BCUT2D eigenvalue weighted by Gasteiger charge is -2.06. The van der Waals surface area contributed by atoms with Gasteiger partial charge in [0, 0.05) is 12.3 Å². The second-order valence-electron chi connectivity index (χ2n) is 4.79. The van der Waals surface area contributed by atoms with Crippen LogP contribution >= 0.6 is 0 Å². The van der Waals surface area contributed by atoms with Crippen molar-refractivity contribution in [2.45, 2.75) is 77.6 Å². The topological polar surface area (TPSA) is 47.6 Å². The van der Waals surface area contributed by atoms with E-state index in [-0.39, 0.29) is 5.92 Å². The number of rotatable bonds is 11. The summed E-state index contributed by atoms with van der Waals surface area (Å²) in [5.74, 6) is 0.106. The van der Waals surface area contributed by atoms with Gasteiger partial charge in [-0.15, -0.1) is 0 Å². The summed E-state index contributed by atoms with van der Waals surface area (Å²) in [6.07, 6.45) is 12.7. The molecule has 0 spiro atoms. The van der Waals surface area contributed by atoms with E-state index < -0.39 is 0 Å². The molecule has 0 amide bonds. The van der Waals surface area contributed by atoms with Crippen LogP contribution < -0.4 is 0 Å². The first-order chi connectivity index (χ1) is 8.35. The number of nitriles is 2. The van der Waals surface area contributed by atoms with E-state index in [1.165, 1.54) is 44.9 Å². The zero-order chi connectivity index (χ0) is 12.8. The monoisotopic (exact) mass is 234 g/mol. The fourth-order valence-corrected chi connectivity index (χ4v) is 2.04. The first-order valence-electron chi connectivity index (χ1n) is 7.11. The molecule has 0 aliphatic rings. The molecule has 0 rings (SSSR count). The van der Waals surface area contributed by atoms with E-state index in [0.717, 1.165) is 19.3 Å². The summed E-state index contributed by atoms with van der Waals surface area (Å²) in [7, 11) is 0. The molecule has 2 heteroatoms. The van der Waals surface area contributed by atoms with Crippen LogP contribution in [0.15, 0.2) is 0 Å². The average Bonchev–Trinajstić information content (AvgIpc) is 2.36. The third kappa shape index (κ3) is 11.2. The highest BCUT2D eigenvalue weighted by atomic mass is 14.3. The largest absolute Gasteiger partial charge is 0.198 e. The fraction of sp³-hybridized carbons (Fsp3) is 0.867. The SMILES string of the molecule is CCCCCCCCCCC(C#N)CCC#N. The molecule has 0 fully saturated rings. The summed E-state index contributed by atoms with van der Waals surface area (Å²) in [4.78, 5) is 0. The molecule has 0 aromatic rings. The zero-order valence-electron chi connectivity index (χ0n) is 11.2. The maximum atomic E-state index is 8.89. The van der Waals surface area contributed by atoms with Gasteiger partial charge in [-0.25, -0.2) is 0 Å². The molecule has 0 saturated heterocycles. The predicted octanol–water partition coefficient (Wildman–Crippen LogP) is 4.96. The van der Waals surface area contributed by atoms with Crippen LogP contribution in [0, 0.1) is 28.6 Å². The normalized spacial score (nSPS) is 11.7. The van der Waals surface area contributed by atoms with E-state index >= 15 is 0 Å². The minimum absolute atomic E-state index is 0.106. The van der Waals surface area contributed by atoms with Crippen molar-refractivity contribution in [1.29, 1.82) is 10.5 Å². The zero-order valence-corrected chi connectivity index (χ0v) is 11.2. The van der Waals surface area contributed by atoms with Gasteiger partial charge in [0.15, 0.2) is 0 Å². The molecule has 0 bridgehead atoms. The third-order valence-electron chi connectivity index (χ3n) is 3.19. The van der Waals surface area contributed by atoms with Crippen LogP contribution in [-0.2, 0) is 0 Å². The van der Waals surface area contributed by atoms with Crippen molar-refractivity contribution in [1.82, 2.24) is 0 Å². The Labute approximate surface area is 107 Å². The summed E-state index contributed by atoms with van der Waals surface area (Å²) < 4.78 is 0. The molecular formula is C15H26N2. The average molecular weight is 234 g/mol. The first-order valence-corrected chi connectivity index (χ1v) is 7.11. The van der Waals surface area contributed by atoms with Crippen molar-refractivity contribution < 1.29 is 0 Å². The molecule has 0 radical (unpaired) electrons. The smallest absolute Gasteiger partial charge is 0.0656 e. The van der Waals surface area contributed by atoms with E-state index in [9.17, 15) is 0 Å². The Balaban J connectivity index is 3.26. The van der Waals surface area contributed by atoms with Gasteiger partial charge in [-0.3, -0.25) is 0 Å². The van der Waals surface area contributed by atoms with E-state index in [4.69, 9.17) is 10.5 Å². The van der Waals surface area contributed by atoms with Crippen LogP contribution in [0.5, 0.6) is 0 Å². The van der Waals surface area contributed by atoms with Crippen LogP contribution in [0.4, 0.5) is 0 Å². The molecule has 17 heavy (non-hydrogen) atoms. The van der Waals surface area contributed by atoms with Gasteiger partial charge in [-0.1, -0.05) is 58.3 Å². The number of hydrogen-bond acceptors (Lipinski definition) is 2. The van der Waals surface area contributed by atoms with Gasteiger partial charge in [0.25, 0.3) is 0 Å². The molecule has 0 aromatic carbocycles. The summed E-state index contributed by atoms with van der Waals surface area (Å²) in [6.45, 7) is 2.24. The lowest BCUT2D eigenvalue weighted by Crippen LogP contribution is -1.96. The number of unbranched alkanes of at least 4 members (excludes halogenated alkanes) is 7. The Bertz CT molecular complexity index is 234. The number of hydrogen-bond donors (Lipinski definition) is 0. The van der Waals surface area contributed by atoms with Crippen molar-refractivity contribution in [3.8, 4) is 12.1 Å². The first kappa shape index (κ1) is 16.0. The second kappa shape index (κ2) is 13.0. The van der Waals surface area contributed by atoms with Crippen LogP contribution in [0.2, 0.25) is 0 Å². The number of nitrogens with zero attached hydrogens (tertiary/aromatic N) is 2. The van der Waals surface area contributed by atoms with E-state index in [1.807, 2.05) is 0 Å². The Morgan fingerprint density at radius 3 is 1.94 bits per heavy atom. The third-order valence-corrected chi connectivity index (χ3v) is 3.19. The predicted molar refractivity (Wildman–Crippen MR) is 71.2 cm³/mol. The lowest BCUT2D eigenvalue weighted by molar-refractivity contribution is 0.501. The standard InChI is InChI=1S/C15H26N2/c1-2-3-4-5-6-7-8-9-11-15(14-17)12-10-13-16/h15H,2-12H2,1H3. The maximum absolute atomic E-state index is 8.89. The van der Waals surface area contributed by atoms with Crippen molar-refractivity contribution in [2.24, 2.45) is 5.92 Å². The molecular weight excluding hydrogens is 208 g/mol. The van der Waals surface area contributed by atoms with E-state index in [0.29, 0.717) is 6.42 Å². The second-order valence-corrected chi connectivity index (χ2v) is 4.79. The van der Waals surface area contributed by atoms with Gasteiger partial charge in [-0.2, -0.15) is 10.5 Å². The Kier molecular flexibility index (Phi) is 12.3. The van der Waals surface area contributed by atoms with Crippen molar-refractivity contribution in [3.05, 3.63) is 0 Å². The molecule has 2 nitrogen and oxygen atoms in total. The molecule has 96 valence electrons. The van der Waals surface area contributed by atoms with Crippen molar-refractivity contribution >= 4 is 0 Å². The molecule has 0 aliphatic carbocycles. The van der Waals surface area contributed by atoms with Gasteiger partial charge >= 0.3 is 0 Å². The minimum Gasteiger partial charge on any atom is -0.198 e. The summed E-state index contributed by atoms with van der Waals surface area (Å²) in [6, 6.07) is 4.42. The molecule has 0 aromatic heterocycles. The molecule has 0 N–H and O–H groups in total. The lowest BCUT2D eigenvalue weighted by atomic mass is 9.97. The van der Waals surface area contributed by atoms with Crippen molar-refractivity contribution in [2.75, 3.05) is 0 Å². The van der Waals surface area contributed by atoms with Gasteiger partial charge in [-0.05, 0) is 12.8 Å². The molecule has 0 heterocycles. The van der Waals surface area contributed by atoms with E-state index in [2.05, 4.69) is 19.1 Å². The Morgan fingerprint density at radius 2 is 1.41 bits per heavy atom. The van der Waals surface area contributed by atoms with Crippen LogP contribution in [0.1, 0.15) is 77.6 Å². The van der Waals surface area contributed by atoms with Crippen LogP contribution in [-0.4, -0.2) is 0 Å². The van der Waals surface area contributed by atoms with Gasteiger partial charge in [0.05, 0.1) is 12.1 Å². The minimum atomic E-state index is 0.106. The Morgan fingerprint density at radius 1 is 0.824 bits per heavy atom. The molecule has 0 saturated carbocycles. The quantitative estimate of drug-likeness (QED) is 0.474.